The first-order valence-electron chi connectivity index (χ1n) is 7.92. The zero-order valence-corrected chi connectivity index (χ0v) is 15.6. The van der Waals surface area contributed by atoms with Crippen LogP contribution in [0.15, 0.2) is 53.1 Å². The number of nitrogens with zero attached hydrogens (tertiary/aromatic N) is 1. The van der Waals surface area contributed by atoms with Gasteiger partial charge in [-0.2, -0.15) is 0 Å². The second-order valence-corrected chi connectivity index (χ2v) is 5.83. The Hall–Kier alpha value is -2.63. The molecule has 3 aromatic rings. The lowest BCUT2D eigenvalue weighted by atomic mass is 10.0. The van der Waals surface area contributed by atoms with E-state index in [0.717, 1.165) is 35.1 Å². The molecule has 0 unspecified atom stereocenters. The summed E-state index contributed by atoms with van der Waals surface area (Å²) in [5.74, 6) is 0.324. The molecule has 1 N–H and O–H groups in total. The summed E-state index contributed by atoms with van der Waals surface area (Å²) in [6.07, 6.45) is 0.182. The molecule has 2 aromatic carbocycles. The molecule has 1 aromatic heterocycles. The van der Waals surface area contributed by atoms with Gasteiger partial charge in [-0.3, -0.25) is 4.79 Å². The van der Waals surface area contributed by atoms with Gasteiger partial charge in [0.1, 0.15) is 5.69 Å². The highest BCUT2D eigenvalue weighted by atomic mass is 35.5. The Morgan fingerprint density at radius 1 is 1.19 bits per heavy atom. The first kappa shape index (κ1) is 19.7. The van der Waals surface area contributed by atoms with Crippen LogP contribution in [0, 0.1) is 6.92 Å². The summed E-state index contributed by atoms with van der Waals surface area (Å²) in [7, 11) is 2.36. The van der Waals surface area contributed by atoms with Crippen LogP contribution >= 0.6 is 11.6 Å². The zero-order valence-electron chi connectivity index (χ0n) is 14.8. The van der Waals surface area contributed by atoms with Crippen molar-refractivity contribution >= 4 is 17.6 Å². The van der Waals surface area contributed by atoms with Gasteiger partial charge in [0.2, 0.25) is 0 Å². The Morgan fingerprint density at radius 3 is 2.50 bits per heavy atom. The molecule has 0 saturated heterocycles. The number of carbonyl (C=O) groups excluding carboxylic acids is 1. The molecule has 0 aliphatic rings. The van der Waals surface area contributed by atoms with Crippen LogP contribution in [0.4, 0.5) is 0 Å². The molecule has 26 heavy (non-hydrogen) atoms. The van der Waals surface area contributed by atoms with E-state index < -0.39 is 0 Å². The SMILES string of the molecule is CO.COC(=O)Cc1ccc(-c2onc(-c3ccccc3)c2C)c(Cl)c1. The van der Waals surface area contributed by atoms with Crippen LogP contribution in [-0.4, -0.2) is 30.5 Å². The van der Waals surface area contributed by atoms with Crippen LogP contribution in [-0.2, 0) is 16.0 Å². The van der Waals surface area contributed by atoms with Gasteiger partial charge in [0.25, 0.3) is 0 Å². The van der Waals surface area contributed by atoms with Gasteiger partial charge in [0, 0.05) is 23.8 Å². The summed E-state index contributed by atoms with van der Waals surface area (Å²) in [5, 5.41) is 11.7. The number of aromatic nitrogens is 1. The maximum Gasteiger partial charge on any atom is 0.309 e. The van der Waals surface area contributed by atoms with Gasteiger partial charge in [0.05, 0.1) is 18.6 Å². The summed E-state index contributed by atoms with van der Waals surface area (Å²) in [6.45, 7) is 1.95. The molecule has 0 amide bonds. The van der Waals surface area contributed by atoms with Crippen LogP contribution in [0.2, 0.25) is 5.02 Å². The molecule has 0 spiro atoms. The Bertz CT molecular complexity index is 875. The van der Waals surface area contributed by atoms with Crippen molar-refractivity contribution in [2.75, 3.05) is 14.2 Å². The van der Waals surface area contributed by atoms with E-state index in [2.05, 4.69) is 9.89 Å². The summed E-state index contributed by atoms with van der Waals surface area (Å²) in [5.41, 5.74) is 4.24. The number of aliphatic hydroxyl groups excluding tert-OH is 1. The summed E-state index contributed by atoms with van der Waals surface area (Å²) >= 11 is 6.38. The predicted octanol–water partition coefficient (Wildman–Crippen LogP) is 4.29. The number of hydrogen-bond acceptors (Lipinski definition) is 5. The summed E-state index contributed by atoms with van der Waals surface area (Å²) in [6, 6.07) is 15.3. The van der Waals surface area contributed by atoms with E-state index >= 15 is 0 Å². The lowest BCUT2D eigenvalue weighted by Crippen LogP contribution is -2.04. The minimum Gasteiger partial charge on any atom is -0.469 e. The van der Waals surface area contributed by atoms with Crippen molar-refractivity contribution in [3.05, 3.63) is 64.7 Å². The number of carbonyl (C=O) groups is 1. The van der Waals surface area contributed by atoms with E-state index in [-0.39, 0.29) is 12.4 Å². The smallest absolute Gasteiger partial charge is 0.309 e. The van der Waals surface area contributed by atoms with Crippen LogP contribution in [0.5, 0.6) is 0 Å². The minimum atomic E-state index is -0.305. The first-order valence-corrected chi connectivity index (χ1v) is 8.30. The molecule has 0 bridgehead atoms. The zero-order chi connectivity index (χ0) is 19.1. The number of ether oxygens (including phenoxy) is 1. The molecule has 5 nitrogen and oxygen atoms in total. The van der Waals surface area contributed by atoms with Crippen molar-refractivity contribution in [1.29, 1.82) is 0 Å². The second kappa shape index (κ2) is 9.17. The van der Waals surface area contributed by atoms with Gasteiger partial charge in [-0.25, -0.2) is 0 Å². The lowest BCUT2D eigenvalue weighted by Gasteiger charge is -2.05. The Labute approximate surface area is 157 Å². The van der Waals surface area contributed by atoms with Gasteiger partial charge in [-0.1, -0.05) is 53.2 Å². The summed E-state index contributed by atoms with van der Waals surface area (Å²) < 4.78 is 10.2. The molecule has 0 saturated carbocycles. The normalized spacial score (nSPS) is 10.0. The van der Waals surface area contributed by atoms with E-state index in [0.29, 0.717) is 10.8 Å². The average molecular weight is 374 g/mol. The quantitative estimate of drug-likeness (QED) is 0.690. The number of benzene rings is 2. The molecule has 6 heteroatoms. The summed E-state index contributed by atoms with van der Waals surface area (Å²) in [4.78, 5) is 11.4. The lowest BCUT2D eigenvalue weighted by molar-refractivity contribution is -0.139. The van der Waals surface area contributed by atoms with Gasteiger partial charge < -0.3 is 14.4 Å². The number of methoxy groups -OCH3 is 1. The van der Waals surface area contributed by atoms with Crippen molar-refractivity contribution < 1.29 is 19.2 Å². The predicted molar refractivity (Wildman–Crippen MR) is 101 cm³/mol. The molecule has 0 fully saturated rings. The number of aliphatic hydroxyl groups is 1. The van der Waals surface area contributed by atoms with Crippen molar-refractivity contribution in [2.24, 2.45) is 0 Å². The second-order valence-electron chi connectivity index (χ2n) is 5.42. The molecule has 1 heterocycles. The van der Waals surface area contributed by atoms with E-state index in [1.807, 2.05) is 49.4 Å². The first-order chi connectivity index (χ1) is 12.6. The Kier molecular flexibility index (Phi) is 6.95. The van der Waals surface area contributed by atoms with E-state index in [4.69, 9.17) is 21.2 Å². The maximum atomic E-state index is 11.4. The van der Waals surface area contributed by atoms with Crippen molar-refractivity contribution in [1.82, 2.24) is 5.16 Å². The number of halogens is 1. The number of esters is 1. The standard InChI is InChI=1S/C19H16ClNO3.CH4O/c1-12-18(14-6-4-3-5-7-14)21-24-19(12)15-9-8-13(10-16(15)20)11-17(22)23-2;1-2/h3-10H,11H2,1-2H3;2H,1H3. The van der Waals surface area contributed by atoms with Crippen LogP contribution in [0.1, 0.15) is 11.1 Å². The fraction of sp³-hybridized carbons (Fsp3) is 0.200. The average Bonchev–Trinajstić information content (AvgIpc) is 3.05. The Balaban J connectivity index is 0.00000117. The van der Waals surface area contributed by atoms with Crippen molar-refractivity contribution in [2.45, 2.75) is 13.3 Å². The van der Waals surface area contributed by atoms with Gasteiger partial charge >= 0.3 is 5.97 Å². The topological polar surface area (TPSA) is 72.6 Å². The third kappa shape index (κ3) is 4.31. The molecular formula is C20H20ClNO4. The molecule has 0 atom stereocenters. The fourth-order valence-electron chi connectivity index (χ4n) is 2.54. The van der Waals surface area contributed by atoms with Crippen LogP contribution < -0.4 is 0 Å². The van der Waals surface area contributed by atoms with Gasteiger partial charge in [0.15, 0.2) is 5.76 Å². The van der Waals surface area contributed by atoms with E-state index in [9.17, 15) is 4.79 Å². The highest BCUT2D eigenvalue weighted by Crippen LogP contribution is 2.35. The van der Waals surface area contributed by atoms with Crippen molar-refractivity contribution in [3.63, 3.8) is 0 Å². The highest BCUT2D eigenvalue weighted by Gasteiger charge is 2.18. The van der Waals surface area contributed by atoms with Gasteiger partial charge in [-0.05, 0) is 24.6 Å². The molecule has 0 aliphatic heterocycles. The molecule has 3 rings (SSSR count). The van der Waals surface area contributed by atoms with Gasteiger partial charge in [-0.15, -0.1) is 0 Å². The molecule has 0 aliphatic carbocycles. The third-order valence-corrected chi connectivity index (χ3v) is 4.14. The van der Waals surface area contributed by atoms with E-state index in [1.54, 1.807) is 6.07 Å². The minimum absolute atomic E-state index is 0.182. The van der Waals surface area contributed by atoms with Crippen LogP contribution in [0.3, 0.4) is 0 Å². The number of rotatable bonds is 4. The molecule has 0 radical (unpaired) electrons. The van der Waals surface area contributed by atoms with Crippen LogP contribution in [0.25, 0.3) is 22.6 Å². The highest BCUT2D eigenvalue weighted by molar-refractivity contribution is 6.33. The third-order valence-electron chi connectivity index (χ3n) is 3.83. The molecule has 136 valence electrons. The molecular weight excluding hydrogens is 354 g/mol. The van der Waals surface area contributed by atoms with E-state index in [1.165, 1.54) is 7.11 Å². The van der Waals surface area contributed by atoms with Crippen molar-refractivity contribution in [3.8, 4) is 22.6 Å². The monoisotopic (exact) mass is 373 g/mol. The maximum absolute atomic E-state index is 11.4. The fourth-order valence-corrected chi connectivity index (χ4v) is 2.83. The number of hydrogen-bond donors (Lipinski definition) is 1. The largest absolute Gasteiger partial charge is 0.469 e. The Morgan fingerprint density at radius 2 is 1.88 bits per heavy atom.